The summed E-state index contributed by atoms with van der Waals surface area (Å²) in [5.74, 6) is 2.50. The lowest BCUT2D eigenvalue weighted by Gasteiger charge is -2.12. The van der Waals surface area contributed by atoms with Crippen LogP contribution >= 0.6 is 11.8 Å². The number of anilines is 1. The van der Waals surface area contributed by atoms with Gasteiger partial charge in [0, 0.05) is 12.6 Å². The Labute approximate surface area is 191 Å². The highest BCUT2D eigenvalue weighted by Gasteiger charge is 2.18. The van der Waals surface area contributed by atoms with Gasteiger partial charge in [0.05, 0.1) is 37.8 Å². The fourth-order valence-corrected chi connectivity index (χ4v) is 3.80. The molecule has 1 N–H and O–H groups in total. The molecule has 1 heterocycles. The first-order valence-corrected chi connectivity index (χ1v) is 11.0. The highest BCUT2D eigenvalue weighted by Crippen LogP contribution is 2.32. The number of thioether (sulfide) groups is 1. The van der Waals surface area contributed by atoms with E-state index >= 15 is 0 Å². The normalized spacial score (nSPS) is 10.5. The molecule has 32 heavy (non-hydrogen) atoms. The van der Waals surface area contributed by atoms with Crippen molar-refractivity contribution in [3.63, 3.8) is 0 Å². The number of nitrogens with one attached hydrogen (secondary N) is 1. The summed E-state index contributed by atoms with van der Waals surface area (Å²) >= 11 is 1.29. The predicted octanol–water partition coefficient (Wildman–Crippen LogP) is 4.28. The molecule has 0 unspecified atom stereocenters. The van der Waals surface area contributed by atoms with Crippen LogP contribution in [-0.4, -0.2) is 47.3 Å². The highest BCUT2D eigenvalue weighted by atomic mass is 32.2. The Balaban J connectivity index is 1.78. The van der Waals surface area contributed by atoms with Crippen LogP contribution in [0.2, 0.25) is 0 Å². The average molecular weight is 455 g/mol. The molecule has 0 saturated heterocycles. The molecule has 0 saturated carbocycles. The van der Waals surface area contributed by atoms with Gasteiger partial charge >= 0.3 is 0 Å². The van der Waals surface area contributed by atoms with Gasteiger partial charge in [0.1, 0.15) is 17.2 Å². The van der Waals surface area contributed by atoms with E-state index in [1.165, 1.54) is 11.8 Å². The van der Waals surface area contributed by atoms with E-state index in [9.17, 15) is 4.79 Å². The van der Waals surface area contributed by atoms with Gasteiger partial charge in [0.15, 0.2) is 11.0 Å². The third kappa shape index (κ3) is 5.42. The average Bonchev–Trinajstić information content (AvgIpc) is 3.21. The van der Waals surface area contributed by atoms with E-state index < -0.39 is 0 Å². The molecule has 9 heteroatoms. The van der Waals surface area contributed by atoms with Crippen molar-refractivity contribution in [1.82, 2.24) is 14.8 Å². The molecule has 1 amide bonds. The van der Waals surface area contributed by atoms with Crippen LogP contribution in [-0.2, 0) is 11.3 Å². The Kier molecular flexibility index (Phi) is 8.15. The van der Waals surface area contributed by atoms with Crippen molar-refractivity contribution in [3.05, 3.63) is 55.1 Å². The number of hydrogen-bond acceptors (Lipinski definition) is 7. The van der Waals surface area contributed by atoms with E-state index in [-0.39, 0.29) is 11.7 Å². The Morgan fingerprint density at radius 3 is 2.69 bits per heavy atom. The van der Waals surface area contributed by atoms with Crippen molar-refractivity contribution < 1.29 is 19.0 Å². The highest BCUT2D eigenvalue weighted by molar-refractivity contribution is 7.99. The summed E-state index contributed by atoms with van der Waals surface area (Å²) in [5.41, 5.74) is 1.37. The summed E-state index contributed by atoms with van der Waals surface area (Å²) in [7, 11) is 3.11. The molecular weight excluding hydrogens is 428 g/mol. The molecule has 168 valence electrons. The van der Waals surface area contributed by atoms with Crippen LogP contribution in [0, 0.1) is 0 Å². The van der Waals surface area contributed by atoms with Gasteiger partial charge in [-0.05, 0) is 31.2 Å². The van der Waals surface area contributed by atoms with Crippen molar-refractivity contribution in [1.29, 1.82) is 0 Å². The van der Waals surface area contributed by atoms with E-state index in [0.717, 1.165) is 11.3 Å². The Bertz CT molecular complexity index is 1080. The number of benzene rings is 2. The first-order chi connectivity index (χ1) is 15.6. The van der Waals surface area contributed by atoms with E-state index in [4.69, 9.17) is 14.2 Å². The van der Waals surface area contributed by atoms with Gasteiger partial charge in [-0.1, -0.05) is 30.0 Å². The molecule has 0 aliphatic rings. The Morgan fingerprint density at radius 1 is 1.16 bits per heavy atom. The van der Waals surface area contributed by atoms with Crippen molar-refractivity contribution in [2.24, 2.45) is 0 Å². The van der Waals surface area contributed by atoms with Gasteiger partial charge < -0.3 is 19.5 Å². The number of ether oxygens (including phenoxy) is 3. The fraction of sp³-hybridized carbons (Fsp3) is 0.261. The van der Waals surface area contributed by atoms with E-state index in [1.54, 1.807) is 38.5 Å². The molecule has 1 aromatic heterocycles. The van der Waals surface area contributed by atoms with E-state index in [0.29, 0.717) is 41.3 Å². The molecule has 8 nitrogen and oxygen atoms in total. The van der Waals surface area contributed by atoms with Gasteiger partial charge in [0.25, 0.3) is 0 Å². The van der Waals surface area contributed by atoms with Crippen LogP contribution in [0.5, 0.6) is 17.2 Å². The molecule has 0 aliphatic carbocycles. The minimum atomic E-state index is -0.203. The zero-order chi connectivity index (χ0) is 22.9. The number of carbonyl (C=O) groups excluding carboxylic acids is 1. The van der Waals surface area contributed by atoms with Crippen molar-refractivity contribution in [2.45, 2.75) is 18.6 Å². The number of carbonyl (C=O) groups is 1. The number of hydrogen-bond donors (Lipinski definition) is 1. The number of allylic oxidation sites excluding steroid dienone is 1. The maximum atomic E-state index is 12.6. The number of para-hydroxylation sites is 1. The zero-order valence-corrected chi connectivity index (χ0v) is 19.1. The molecule has 0 bridgehead atoms. The van der Waals surface area contributed by atoms with Gasteiger partial charge in [-0.25, -0.2) is 0 Å². The van der Waals surface area contributed by atoms with E-state index in [1.807, 2.05) is 35.8 Å². The molecule has 0 fully saturated rings. The lowest BCUT2D eigenvalue weighted by atomic mass is 10.2. The van der Waals surface area contributed by atoms with Crippen LogP contribution in [0.4, 0.5) is 5.69 Å². The van der Waals surface area contributed by atoms with Crippen LogP contribution in [0.3, 0.4) is 0 Å². The predicted molar refractivity (Wildman–Crippen MR) is 126 cm³/mol. The second kappa shape index (κ2) is 11.2. The number of methoxy groups -OCH3 is 2. The minimum absolute atomic E-state index is 0.142. The topological polar surface area (TPSA) is 87.5 Å². The van der Waals surface area contributed by atoms with E-state index in [2.05, 4.69) is 22.1 Å². The lowest BCUT2D eigenvalue weighted by Crippen LogP contribution is -2.15. The standard InChI is InChI=1S/C23H26N4O4S/c1-5-13-27-22(17-9-7-8-10-19(17)31-6-2)25-26-23(27)32-15-21(28)24-18-14-16(29-3)11-12-20(18)30-4/h5,7-12,14H,1,6,13,15H2,2-4H3,(H,24,28). The molecule has 0 aliphatic heterocycles. The quantitative estimate of drug-likeness (QED) is 0.342. The summed E-state index contributed by atoms with van der Waals surface area (Å²) in [5, 5.41) is 12.1. The van der Waals surface area contributed by atoms with Crippen LogP contribution in [0.15, 0.2) is 60.3 Å². The molecular formula is C23H26N4O4S. The second-order valence-electron chi connectivity index (χ2n) is 6.54. The number of amides is 1. The fourth-order valence-electron chi connectivity index (χ4n) is 3.05. The summed E-state index contributed by atoms with van der Waals surface area (Å²) in [6.45, 7) is 6.81. The summed E-state index contributed by atoms with van der Waals surface area (Å²) in [6, 6.07) is 12.9. The van der Waals surface area contributed by atoms with Gasteiger partial charge in [-0.2, -0.15) is 0 Å². The van der Waals surface area contributed by atoms with Crippen molar-refractivity contribution in [2.75, 3.05) is 31.9 Å². The first kappa shape index (κ1) is 23.2. The van der Waals surface area contributed by atoms with Gasteiger partial charge in [0.2, 0.25) is 5.91 Å². The molecule has 3 rings (SSSR count). The maximum absolute atomic E-state index is 12.6. The maximum Gasteiger partial charge on any atom is 0.234 e. The van der Waals surface area contributed by atoms with Gasteiger partial charge in [-0.15, -0.1) is 16.8 Å². The summed E-state index contributed by atoms with van der Waals surface area (Å²) in [6.07, 6.45) is 1.77. The second-order valence-corrected chi connectivity index (χ2v) is 7.48. The Morgan fingerprint density at radius 2 is 1.97 bits per heavy atom. The summed E-state index contributed by atoms with van der Waals surface area (Å²) in [4.78, 5) is 12.6. The SMILES string of the molecule is C=CCn1c(SCC(=O)Nc2cc(OC)ccc2OC)nnc1-c1ccccc1OCC. The number of nitrogens with zero attached hydrogens (tertiary/aromatic N) is 3. The van der Waals surface area contributed by atoms with Crippen LogP contribution < -0.4 is 19.5 Å². The van der Waals surface area contributed by atoms with Crippen molar-refractivity contribution >= 4 is 23.4 Å². The van der Waals surface area contributed by atoms with Crippen molar-refractivity contribution in [3.8, 4) is 28.6 Å². The largest absolute Gasteiger partial charge is 0.497 e. The zero-order valence-electron chi connectivity index (χ0n) is 18.3. The first-order valence-electron chi connectivity index (χ1n) is 10.0. The molecule has 3 aromatic rings. The third-order valence-corrected chi connectivity index (χ3v) is 5.44. The minimum Gasteiger partial charge on any atom is -0.497 e. The monoisotopic (exact) mass is 454 g/mol. The van der Waals surface area contributed by atoms with Crippen LogP contribution in [0.1, 0.15) is 6.92 Å². The smallest absolute Gasteiger partial charge is 0.234 e. The number of rotatable bonds is 11. The molecule has 0 atom stereocenters. The van der Waals surface area contributed by atoms with Crippen LogP contribution in [0.25, 0.3) is 11.4 Å². The molecule has 2 aromatic carbocycles. The number of aromatic nitrogens is 3. The summed E-state index contributed by atoms with van der Waals surface area (Å²) < 4.78 is 18.2. The lowest BCUT2D eigenvalue weighted by molar-refractivity contribution is -0.113. The Hall–Kier alpha value is -3.46. The van der Waals surface area contributed by atoms with Gasteiger partial charge in [-0.3, -0.25) is 9.36 Å². The molecule has 0 radical (unpaired) electrons. The molecule has 0 spiro atoms. The third-order valence-electron chi connectivity index (χ3n) is 4.47.